The Morgan fingerprint density at radius 1 is 1.33 bits per heavy atom. The van der Waals surface area contributed by atoms with E-state index >= 15 is 0 Å². The molecule has 2 heterocycles. The van der Waals surface area contributed by atoms with Crippen molar-refractivity contribution in [3.8, 4) is 0 Å². The van der Waals surface area contributed by atoms with Crippen molar-refractivity contribution in [2.75, 3.05) is 4.90 Å². The fourth-order valence-electron chi connectivity index (χ4n) is 3.72. The third kappa shape index (κ3) is 5.55. The number of aromatic nitrogens is 1. The Morgan fingerprint density at radius 3 is 2.77 bits per heavy atom. The Balaban J connectivity index is 1.62. The number of carboxylic acid groups (broad SMARTS) is 1. The van der Waals surface area contributed by atoms with Crippen LogP contribution in [-0.4, -0.2) is 33.1 Å². The topological polar surface area (TPSA) is 90.7 Å². The van der Waals surface area contributed by atoms with Crippen LogP contribution in [0.4, 0.5) is 5.69 Å². The summed E-state index contributed by atoms with van der Waals surface area (Å²) in [5.41, 5.74) is 1.79. The van der Waals surface area contributed by atoms with Gasteiger partial charge in [0.25, 0.3) is 0 Å². The van der Waals surface area contributed by atoms with Crippen LogP contribution < -0.4 is 4.90 Å². The minimum absolute atomic E-state index is 0.0503. The van der Waals surface area contributed by atoms with Gasteiger partial charge in [0.2, 0.25) is 5.91 Å². The van der Waals surface area contributed by atoms with Crippen molar-refractivity contribution in [2.24, 2.45) is 0 Å². The van der Waals surface area contributed by atoms with Crippen LogP contribution in [0.5, 0.6) is 0 Å². The molecule has 1 saturated heterocycles. The molecule has 1 unspecified atom stereocenters. The van der Waals surface area contributed by atoms with Gasteiger partial charge in [-0.2, -0.15) is 0 Å². The number of hydrogen-bond acceptors (Lipinski definition) is 5. The second kappa shape index (κ2) is 10.5. The number of anilines is 1. The summed E-state index contributed by atoms with van der Waals surface area (Å²) in [6, 6.07) is 7.71. The summed E-state index contributed by atoms with van der Waals surface area (Å²) in [5, 5.41) is 21.5. The zero-order valence-corrected chi connectivity index (χ0v) is 18.0. The van der Waals surface area contributed by atoms with Crippen LogP contribution in [0.2, 0.25) is 0 Å². The maximum atomic E-state index is 12.5. The van der Waals surface area contributed by atoms with Crippen molar-refractivity contribution in [1.29, 1.82) is 0 Å². The van der Waals surface area contributed by atoms with Gasteiger partial charge in [0.05, 0.1) is 6.10 Å². The minimum Gasteiger partial charge on any atom is -0.476 e. The van der Waals surface area contributed by atoms with E-state index in [0.29, 0.717) is 17.8 Å². The predicted molar refractivity (Wildman–Crippen MR) is 119 cm³/mol. The van der Waals surface area contributed by atoms with Gasteiger partial charge in [0.1, 0.15) is 5.01 Å². The third-order valence-electron chi connectivity index (χ3n) is 5.37. The highest BCUT2D eigenvalue weighted by molar-refractivity contribution is 7.10. The smallest absolute Gasteiger partial charge is 0.355 e. The summed E-state index contributed by atoms with van der Waals surface area (Å²) in [4.78, 5) is 29.3. The maximum Gasteiger partial charge on any atom is 0.355 e. The third-order valence-corrected chi connectivity index (χ3v) is 6.18. The number of aromatic carboxylic acids is 1. The van der Waals surface area contributed by atoms with Gasteiger partial charge in [0.15, 0.2) is 5.69 Å². The number of nitrogens with zero attached hydrogens (tertiary/aromatic N) is 2. The lowest BCUT2D eigenvalue weighted by atomic mass is 10.0. The molecule has 160 valence electrons. The minimum atomic E-state index is -1.03. The number of rotatable bonds is 10. The molecule has 0 radical (unpaired) electrons. The average Bonchev–Trinajstić information content (AvgIpc) is 3.35. The second-order valence-electron chi connectivity index (χ2n) is 7.57. The van der Waals surface area contributed by atoms with Crippen molar-refractivity contribution in [2.45, 2.75) is 64.0 Å². The molecule has 1 fully saturated rings. The van der Waals surface area contributed by atoms with Crippen molar-refractivity contribution in [1.82, 2.24) is 4.98 Å². The van der Waals surface area contributed by atoms with E-state index in [1.165, 1.54) is 16.7 Å². The summed E-state index contributed by atoms with van der Waals surface area (Å²) in [5.74, 6) is -0.926. The molecule has 1 aliphatic heterocycles. The van der Waals surface area contributed by atoms with Crippen molar-refractivity contribution in [3.63, 3.8) is 0 Å². The van der Waals surface area contributed by atoms with E-state index in [4.69, 9.17) is 5.11 Å². The zero-order chi connectivity index (χ0) is 21.5. The fraction of sp³-hybridized carbons (Fsp3) is 0.435. The van der Waals surface area contributed by atoms with Gasteiger partial charge in [-0.15, -0.1) is 11.3 Å². The molecule has 0 aliphatic carbocycles. The number of amides is 1. The molecule has 2 N–H and O–H groups in total. The van der Waals surface area contributed by atoms with E-state index in [2.05, 4.69) is 11.9 Å². The molecular weight excluding hydrogens is 400 g/mol. The molecule has 1 aromatic carbocycles. The first-order valence-corrected chi connectivity index (χ1v) is 11.3. The Bertz CT molecular complexity index is 891. The number of benzene rings is 1. The number of aliphatic hydroxyl groups is 1. The maximum absolute atomic E-state index is 12.5. The quantitative estimate of drug-likeness (QED) is 0.517. The molecule has 2 aromatic rings. The number of carbonyl (C=O) groups is 2. The summed E-state index contributed by atoms with van der Waals surface area (Å²) in [7, 11) is 0. The van der Waals surface area contributed by atoms with Crippen LogP contribution in [0.15, 0.2) is 35.7 Å². The predicted octanol–water partition coefficient (Wildman–Crippen LogP) is 5.05. The Morgan fingerprint density at radius 2 is 2.10 bits per heavy atom. The highest BCUT2D eigenvalue weighted by atomic mass is 32.1. The number of carboxylic acids is 1. The van der Waals surface area contributed by atoms with Crippen LogP contribution >= 0.6 is 11.3 Å². The molecule has 1 amide bonds. The van der Waals surface area contributed by atoms with E-state index < -0.39 is 12.1 Å². The molecule has 0 saturated carbocycles. The standard InChI is InChI=1S/C23H28N2O4S/c1-2-3-4-7-20(26)16-9-11-18(12-10-16)25-17(13-14-22(25)27)6-5-8-21-24-19(15-30-21)23(28)29/h5,8-12,15,17,20,26H,2-4,6-7,13-14H2,1H3,(H,28,29)/b8-5-/t17?,20-/m1/s1. The molecular formula is C23H28N2O4S. The Labute approximate surface area is 180 Å². The van der Waals surface area contributed by atoms with Crippen LogP contribution in [0.1, 0.15) is 79.0 Å². The lowest BCUT2D eigenvalue weighted by Gasteiger charge is -2.24. The lowest BCUT2D eigenvalue weighted by Crippen LogP contribution is -2.32. The van der Waals surface area contributed by atoms with Gasteiger partial charge >= 0.3 is 5.97 Å². The molecule has 1 aromatic heterocycles. The van der Waals surface area contributed by atoms with Crippen LogP contribution in [0, 0.1) is 0 Å². The zero-order valence-electron chi connectivity index (χ0n) is 17.2. The van der Waals surface area contributed by atoms with Gasteiger partial charge in [-0.05, 0) is 43.0 Å². The van der Waals surface area contributed by atoms with E-state index in [-0.39, 0.29) is 17.6 Å². The normalized spacial score (nSPS) is 17.7. The Kier molecular flexibility index (Phi) is 7.76. The molecule has 6 nitrogen and oxygen atoms in total. The van der Waals surface area contributed by atoms with Gasteiger partial charge in [-0.25, -0.2) is 9.78 Å². The first-order valence-electron chi connectivity index (χ1n) is 10.4. The SMILES string of the molecule is CCCCC[C@@H](O)c1ccc(N2C(=O)CCC2C/C=C\c2nc(C(=O)O)cs2)cc1. The molecule has 1 aliphatic rings. The molecule has 0 bridgehead atoms. The highest BCUT2D eigenvalue weighted by Crippen LogP contribution is 2.30. The largest absolute Gasteiger partial charge is 0.476 e. The monoisotopic (exact) mass is 428 g/mol. The van der Waals surface area contributed by atoms with Crippen molar-refractivity contribution in [3.05, 3.63) is 52.0 Å². The molecule has 30 heavy (non-hydrogen) atoms. The Hall–Kier alpha value is -2.51. The van der Waals surface area contributed by atoms with E-state index in [0.717, 1.165) is 43.4 Å². The van der Waals surface area contributed by atoms with Gasteiger partial charge < -0.3 is 15.1 Å². The summed E-state index contributed by atoms with van der Waals surface area (Å²) >= 11 is 1.29. The van der Waals surface area contributed by atoms with Gasteiger partial charge in [-0.3, -0.25) is 4.79 Å². The highest BCUT2D eigenvalue weighted by Gasteiger charge is 2.31. The molecule has 7 heteroatoms. The number of unbranched alkanes of at least 4 members (excludes halogenated alkanes) is 2. The summed E-state index contributed by atoms with van der Waals surface area (Å²) in [6.07, 6.45) is 9.27. The number of aliphatic hydroxyl groups excluding tert-OH is 1. The van der Waals surface area contributed by atoms with E-state index in [1.807, 2.05) is 41.3 Å². The second-order valence-corrected chi connectivity index (χ2v) is 8.46. The summed E-state index contributed by atoms with van der Waals surface area (Å²) < 4.78 is 0. The average molecular weight is 429 g/mol. The van der Waals surface area contributed by atoms with Gasteiger partial charge in [-0.1, -0.05) is 44.4 Å². The lowest BCUT2D eigenvalue weighted by molar-refractivity contribution is -0.117. The first kappa shape index (κ1) is 22.2. The van der Waals surface area contributed by atoms with Crippen molar-refractivity contribution >= 4 is 35.0 Å². The van der Waals surface area contributed by atoms with Gasteiger partial charge in [0, 0.05) is 23.5 Å². The number of carbonyl (C=O) groups excluding carboxylic acids is 1. The number of thiazole rings is 1. The molecule has 2 atom stereocenters. The van der Waals surface area contributed by atoms with E-state index in [9.17, 15) is 14.7 Å². The van der Waals surface area contributed by atoms with Crippen LogP contribution in [0.3, 0.4) is 0 Å². The first-order chi connectivity index (χ1) is 14.5. The molecule has 3 rings (SSSR count). The molecule has 0 spiro atoms. The van der Waals surface area contributed by atoms with Crippen molar-refractivity contribution < 1.29 is 19.8 Å². The number of hydrogen-bond donors (Lipinski definition) is 2. The van der Waals surface area contributed by atoms with Crippen LogP contribution in [-0.2, 0) is 4.79 Å². The fourth-order valence-corrected chi connectivity index (χ4v) is 4.43. The summed E-state index contributed by atoms with van der Waals surface area (Å²) in [6.45, 7) is 2.14. The van der Waals surface area contributed by atoms with E-state index in [1.54, 1.807) is 0 Å². The van der Waals surface area contributed by atoms with Crippen LogP contribution in [0.25, 0.3) is 6.08 Å².